The maximum atomic E-state index is 11.5. The van der Waals surface area contributed by atoms with Gasteiger partial charge in [0.05, 0.1) is 0 Å². The third-order valence-corrected chi connectivity index (χ3v) is 1.86. The molecular weight excluding hydrogens is 362 g/mol. The maximum absolute atomic E-state index is 11.5. The van der Waals surface area contributed by atoms with Crippen LogP contribution in [0.1, 0.15) is 33.6 Å². The van der Waals surface area contributed by atoms with Gasteiger partial charge in [-0.15, -0.1) is 0 Å². The summed E-state index contributed by atoms with van der Waals surface area (Å²) in [6, 6.07) is 0. The van der Waals surface area contributed by atoms with Crippen LogP contribution in [0, 0.1) is 13.8 Å². The smallest absolute Gasteiger partial charge is 0.444 e. The SMILES string of the molecule is CC(C)(C)OC(=O)N1CC[CH-]CC1.[CH3-].[W+2]. The van der Waals surface area contributed by atoms with Gasteiger partial charge in [-0.25, -0.2) is 4.79 Å². The number of amides is 1. The number of hydrogen-bond acceptors (Lipinski definition) is 2. The van der Waals surface area contributed by atoms with E-state index in [-0.39, 0.29) is 40.2 Å². The van der Waals surface area contributed by atoms with Crippen molar-refractivity contribution in [3.05, 3.63) is 13.8 Å². The molecule has 4 heteroatoms. The van der Waals surface area contributed by atoms with Gasteiger partial charge >= 0.3 is 27.2 Å². The van der Waals surface area contributed by atoms with Crippen LogP contribution in [-0.4, -0.2) is 29.7 Å². The van der Waals surface area contributed by atoms with E-state index in [2.05, 4.69) is 6.42 Å². The Labute approximate surface area is 108 Å². The summed E-state index contributed by atoms with van der Waals surface area (Å²) < 4.78 is 5.25. The van der Waals surface area contributed by atoms with Crippen LogP contribution in [0.25, 0.3) is 0 Å². The summed E-state index contributed by atoms with van der Waals surface area (Å²) >= 11 is 0. The zero-order valence-corrected chi connectivity index (χ0v) is 13.0. The summed E-state index contributed by atoms with van der Waals surface area (Å²) in [5, 5.41) is 0. The van der Waals surface area contributed by atoms with Gasteiger partial charge in [0.1, 0.15) is 5.60 Å². The first kappa shape index (κ1) is 17.4. The topological polar surface area (TPSA) is 29.5 Å². The van der Waals surface area contributed by atoms with Crippen LogP contribution >= 0.6 is 0 Å². The second kappa shape index (κ2) is 7.27. The van der Waals surface area contributed by atoms with Crippen LogP contribution in [0.2, 0.25) is 0 Å². The normalized spacial score (nSPS) is 16.1. The Morgan fingerprint density at radius 2 is 1.73 bits per heavy atom. The number of nitrogens with zero attached hydrogens (tertiary/aromatic N) is 1. The first-order valence-electron chi connectivity index (χ1n) is 4.78. The van der Waals surface area contributed by atoms with E-state index in [0.717, 1.165) is 25.9 Å². The first-order chi connectivity index (χ1) is 5.99. The van der Waals surface area contributed by atoms with E-state index in [0.29, 0.717) is 0 Å². The van der Waals surface area contributed by atoms with E-state index in [9.17, 15) is 4.79 Å². The van der Waals surface area contributed by atoms with E-state index in [1.807, 2.05) is 20.8 Å². The molecule has 0 aromatic rings. The summed E-state index contributed by atoms with van der Waals surface area (Å²) in [6.45, 7) is 7.27. The third-order valence-electron chi connectivity index (χ3n) is 1.86. The molecule has 88 valence electrons. The molecule has 0 atom stereocenters. The van der Waals surface area contributed by atoms with E-state index < -0.39 is 0 Å². The summed E-state index contributed by atoms with van der Waals surface area (Å²) in [5.74, 6) is 0. The van der Waals surface area contributed by atoms with Crippen LogP contribution < -0.4 is 0 Å². The predicted octanol–water partition coefficient (Wildman–Crippen LogP) is 2.67. The molecule has 1 aliphatic rings. The number of ether oxygens (including phenoxy) is 1. The molecule has 0 aromatic carbocycles. The molecule has 1 amide bonds. The standard InChI is InChI=1S/C10H18NO2.CH3.W/c1-10(2,3)13-9(12)11-7-5-4-6-8-11;;/h4H,5-8H2,1-3H3;1H3;/q2*-1;+2. The zero-order valence-electron chi connectivity index (χ0n) is 10.1. The maximum Gasteiger partial charge on any atom is 2.00 e. The largest absolute Gasteiger partial charge is 2.00 e. The number of piperidine rings is 1. The van der Waals surface area contributed by atoms with Gasteiger partial charge in [-0.1, -0.05) is 0 Å². The Kier molecular flexibility index (Phi) is 8.41. The van der Waals surface area contributed by atoms with Crippen molar-refractivity contribution in [3.63, 3.8) is 0 Å². The van der Waals surface area contributed by atoms with Crippen molar-refractivity contribution in [2.45, 2.75) is 39.2 Å². The van der Waals surface area contributed by atoms with Crippen molar-refractivity contribution in [2.24, 2.45) is 0 Å². The van der Waals surface area contributed by atoms with Gasteiger partial charge in [-0.2, -0.15) is 12.8 Å². The van der Waals surface area contributed by atoms with E-state index in [1.165, 1.54) is 0 Å². The van der Waals surface area contributed by atoms with Crippen molar-refractivity contribution in [1.29, 1.82) is 0 Å². The molecule has 1 rings (SSSR count). The molecule has 0 N–H and O–H groups in total. The Morgan fingerprint density at radius 3 is 2.13 bits per heavy atom. The molecule has 1 heterocycles. The molecule has 1 saturated heterocycles. The summed E-state index contributed by atoms with van der Waals surface area (Å²) in [6.07, 6.45) is 4.00. The zero-order chi connectivity index (χ0) is 9.90. The molecule has 0 aliphatic carbocycles. The number of likely N-dealkylation sites (tertiary alicyclic amines) is 1. The molecule has 0 unspecified atom stereocenters. The van der Waals surface area contributed by atoms with E-state index in [4.69, 9.17) is 4.74 Å². The van der Waals surface area contributed by atoms with Crippen LogP contribution in [0.3, 0.4) is 0 Å². The molecule has 0 spiro atoms. The molecule has 0 bridgehead atoms. The van der Waals surface area contributed by atoms with Crippen molar-refractivity contribution in [3.8, 4) is 0 Å². The monoisotopic (exact) mass is 383 g/mol. The van der Waals surface area contributed by atoms with Crippen molar-refractivity contribution in [2.75, 3.05) is 13.1 Å². The van der Waals surface area contributed by atoms with Gasteiger partial charge in [-0.05, 0) is 33.9 Å². The van der Waals surface area contributed by atoms with E-state index in [1.54, 1.807) is 4.90 Å². The number of carbonyl (C=O) groups is 1. The Hall–Kier alpha value is -0.0417. The number of hydrogen-bond donors (Lipinski definition) is 0. The van der Waals surface area contributed by atoms with E-state index >= 15 is 0 Å². The second-order valence-electron chi connectivity index (χ2n) is 4.33. The summed E-state index contributed by atoms with van der Waals surface area (Å²) in [4.78, 5) is 13.3. The average Bonchev–Trinajstić information content (AvgIpc) is 2.03. The molecule has 15 heavy (non-hydrogen) atoms. The fraction of sp³-hybridized carbons (Fsp3) is 0.727. The first-order valence-corrected chi connectivity index (χ1v) is 4.78. The minimum absolute atomic E-state index is 0. The molecule has 0 aromatic heterocycles. The van der Waals surface area contributed by atoms with Crippen LogP contribution in [-0.2, 0) is 25.8 Å². The van der Waals surface area contributed by atoms with Gasteiger partial charge in [0, 0.05) is 0 Å². The Morgan fingerprint density at radius 1 is 1.27 bits per heavy atom. The van der Waals surface area contributed by atoms with Gasteiger partial charge < -0.3 is 23.5 Å². The Balaban J connectivity index is 0. The van der Waals surface area contributed by atoms with Crippen LogP contribution in [0.4, 0.5) is 4.79 Å². The number of rotatable bonds is 0. The summed E-state index contributed by atoms with van der Waals surface area (Å²) in [5.41, 5.74) is -0.377. The van der Waals surface area contributed by atoms with Crippen molar-refractivity contribution >= 4 is 6.09 Å². The average molecular weight is 383 g/mol. The molecule has 1 aliphatic heterocycles. The molecule has 1 fully saturated rings. The van der Waals surface area contributed by atoms with Gasteiger partial charge in [-0.3, -0.25) is 0 Å². The van der Waals surface area contributed by atoms with Gasteiger partial charge in [0.2, 0.25) is 0 Å². The van der Waals surface area contributed by atoms with Crippen molar-refractivity contribution < 1.29 is 30.6 Å². The van der Waals surface area contributed by atoms with Crippen LogP contribution in [0.5, 0.6) is 0 Å². The third kappa shape index (κ3) is 6.94. The van der Waals surface area contributed by atoms with Gasteiger partial charge in [0.25, 0.3) is 0 Å². The van der Waals surface area contributed by atoms with Crippen molar-refractivity contribution in [1.82, 2.24) is 4.90 Å². The molecular formula is C11H21NO2W. The molecule has 0 saturated carbocycles. The minimum atomic E-state index is -0.377. The fourth-order valence-corrected chi connectivity index (χ4v) is 1.26. The predicted molar refractivity (Wildman–Crippen MR) is 57.8 cm³/mol. The quantitative estimate of drug-likeness (QED) is 0.603. The second-order valence-corrected chi connectivity index (χ2v) is 4.33. The Bertz CT molecular complexity index is 184. The molecule has 0 radical (unpaired) electrons. The summed E-state index contributed by atoms with van der Waals surface area (Å²) in [7, 11) is 0. The minimum Gasteiger partial charge on any atom is -0.444 e. The molecule has 3 nitrogen and oxygen atoms in total. The fourth-order valence-electron chi connectivity index (χ4n) is 1.26. The van der Waals surface area contributed by atoms with Gasteiger partial charge in [0.15, 0.2) is 0 Å². The van der Waals surface area contributed by atoms with Crippen LogP contribution in [0.15, 0.2) is 0 Å². The number of carbonyl (C=O) groups excluding carboxylic acids is 1.